The van der Waals surface area contributed by atoms with Crippen LogP contribution in [0, 0.1) is 23.6 Å². The fourth-order valence-electron chi connectivity index (χ4n) is 5.72. The van der Waals surface area contributed by atoms with E-state index in [2.05, 4.69) is 18.4 Å². The number of sulfonamides is 1. The number of nitrogens with one attached hydrogen (secondary N) is 1. The Balaban J connectivity index is 1.45. The lowest BCUT2D eigenvalue weighted by atomic mass is 9.78. The quantitative estimate of drug-likeness (QED) is 0.507. The van der Waals surface area contributed by atoms with Crippen LogP contribution in [0.3, 0.4) is 0 Å². The molecule has 5 nitrogen and oxygen atoms in total. The van der Waals surface area contributed by atoms with Crippen LogP contribution in [-0.4, -0.2) is 37.2 Å². The first-order valence-corrected chi connectivity index (χ1v) is 13.6. The summed E-state index contributed by atoms with van der Waals surface area (Å²) in [5.74, 6) is -2.18. The molecule has 1 aromatic carbocycles. The van der Waals surface area contributed by atoms with E-state index in [0.717, 1.165) is 51.7 Å². The maximum absolute atomic E-state index is 13.4. The molecule has 190 valence electrons. The van der Waals surface area contributed by atoms with Crippen molar-refractivity contribution in [3.05, 3.63) is 64.8 Å². The summed E-state index contributed by atoms with van der Waals surface area (Å²) in [5, 5.41) is 1.89. The predicted molar refractivity (Wildman–Crippen MR) is 126 cm³/mol. The van der Waals surface area contributed by atoms with Crippen LogP contribution in [0.25, 0.3) is 0 Å². The third-order valence-electron chi connectivity index (χ3n) is 7.58. The number of halogens is 4. The summed E-state index contributed by atoms with van der Waals surface area (Å²) in [6.07, 6.45) is 2.33. The summed E-state index contributed by atoms with van der Waals surface area (Å²) in [7, 11) is -4.49. The topological polar surface area (TPSA) is 52.6 Å². The fraction of sp³-hybridized carbons (Fsp3) is 0.520. The smallest absolute Gasteiger partial charge is 0.301 e. The lowest BCUT2D eigenvalue weighted by Crippen LogP contribution is -2.47. The van der Waals surface area contributed by atoms with E-state index in [4.69, 9.17) is 0 Å². The number of alkyl halides is 3. The fourth-order valence-corrected chi connectivity index (χ4v) is 7.39. The highest BCUT2D eigenvalue weighted by atomic mass is 32.2. The molecule has 5 rings (SSSR count). The molecule has 1 fully saturated rings. The summed E-state index contributed by atoms with van der Waals surface area (Å²) >= 11 is 0. The van der Waals surface area contributed by atoms with Crippen molar-refractivity contribution in [1.82, 2.24) is 9.73 Å². The van der Waals surface area contributed by atoms with Gasteiger partial charge in [0.2, 0.25) is 10.0 Å². The number of nitrogens with zero attached hydrogens (tertiary/aromatic N) is 2. The Morgan fingerprint density at radius 3 is 2.49 bits per heavy atom. The van der Waals surface area contributed by atoms with E-state index in [1.54, 1.807) is 19.1 Å². The Kier molecular flexibility index (Phi) is 6.03. The number of allylic oxidation sites excluding steroid dienone is 3. The number of anilines is 1. The van der Waals surface area contributed by atoms with Crippen LogP contribution in [0.15, 0.2) is 59.0 Å². The normalized spacial score (nSPS) is 25.3. The van der Waals surface area contributed by atoms with Crippen LogP contribution < -0.4 is 10.4 Å². The van der Waals surface area contributed by atoms with Crippen molar-refractivity contribution in [3.8, 4) is 0 Å². The zero-order valence-electron chi connectivity index (χ0n) is 19.6. The van der Waals surface area contributed by atoms with Crippen LogP contribution in [0.4, 0.5) is 23.2 Å². The van der Waals surface area contributed by atoms with Gasteiger partial charge in [0.05, 0.1) is 11.4 Å². The highest BCUT2D eigenvalue weighted by Crippen LogP contribution is 2.50. The Hall–Kier alpha value is -2.33. The average molecular weight is 512 g/mol. The number of rotatable bonds is 7. The molecule has 0 saturated heterocycles. The van der Waals surface area contributed by atoms with Crippen molar-refractivity contribution < 1.29 is 26.0 Å². The minimum absolute atomic E-state index is 0.0222. The molecule has 3 atom stereocenters. The maximum Gasteiger partial charge on any atom is 0.404 e. The molecule has 1 heterocycles. The Bertz CT molecular complexity index is 1200. The third kappa shape index (κ3) is 4.74. The van der Waals surface area contributed by atoms with Gasteiger partial charge in [0.25, 0.3) is 0 Å². The van der Waals surface area contributed by atoms with E-state index in [-0.39, 0.29) is 30.1 Å². The number of fused-ring (bicyclic) bond motifs is 1. The van der Waals surface area contributed by atoms with Gasteiger partial charge in [0.1, 0.15) is 5.82 Å². The molecule has 4 aliphatic rings. The van der Waals surface area contributed by atoms with Gasteiger partial charge in [-0.05, 0) is 80.4 Å². The number of hydrazine groups is 1. The van der Waals surface area contributed by atoms with Crippen LogP contribution in [0.2, 0.25) is 0 Å². The van der Waals surface area contributed by atoms with Gasteiger partial charge in [0, 0.05) is 30.3 Å². The average Bonchev–Trinajstić information content (AvgIpc) is 3.32. The van der Waals surface area contributed by atoms with Crippen LogP contribution in [0.1, 0.15) is 39.5 Å². The third-order valence-corrected chi connectivity index (χ3v) is 9.47. The SMILES string of the molecule is CC([C@@H]1CCC2=C1[C@@H](C)C1=CNN(c3ccc(F)cc3)C1=C2)N(CC1CC1)S(=O)(=O)CC(F)(F)F. The van der Waals surface area contributed by atoms with E-state index < -0.39 is 28.0 Å². The van der Waals surface area contributed by atoms with Gasteiger partial charge in [0.15, 0.2) is 5.75 Å². The van der Waals surface area contributed by atoms with Crippen molar-refractivity contribution in [1.29, 1.82) is 0 Å². The molecule has 3 aliphatic carbocycles. The molecule has 0 bridgehead atoms. The zero-order chi connectivity index (χ0) is 25.1. The molecular formula is C25H29F4N3O2S. The first-order valence-electron chi connectivity index (χ1n) is 12.0. The zero-order valence-corrected chi connectivity index (χ0v) is 20.5. The van der Waals surface area contributed by atoms with E-state index in [0.29, 0.717) is 6.42 Å². The summed E-state index contributed by atoms with van der Waals surface area (Å²) in [6, 6.07) is 5.62. The van der Waals surface area contributed by atoms with Gasteiger partial charge in [-0.2, -0.15) is 17.5 Å². The highest BCUT2D eigenvalue weighted by Gasteiger charge is 2.46. The van der Waals surface area contributed by atoms with Crippen LogP contribution in [-0.2, 0) is 10.0 Å². The van der Waals surface area contributed by atoms with Crippen molar-refractivity contribution in [2.75, 3.05) is 17.3 Å². The van der Waals surface area contributed by atoms with Gasteiger partial charge >= 0.3 is 6.18 Å². The molecule has 1 aliphatic heterocycles. The molecule has 35 heavy (non-hydrogen) atoms. The molecule has 10 heteroatoms. The molecule has 0 aromatic heterocycles. The minimum atomic E-state index is -4.78. The molecule has 1 unspecified atom stereocenters. The lowest BCUT2D eigenvalue weighted by molar-refractivity contribution is -0.107. The molecule has 0 spiro atoms. The first kappa shape index (κ1) is 24.4. The summed E-state index contributed by atoms with van der Waals surface area (Å²) < 4.78 is 79.7. The molecule has 1 saturated carbocycles. The summed E-state index contributed by atoms with van der Waals surface area (Å²) in [5.41, 5.74) is 8.22. The molecule has 0 radical (unpaired) electrons. The predicted octanol–water partition coefficient (Wildman–Crippen LogP) is 5.27. The Morgan fingerprint density at radius 2 is 1.86 bits per heavy atom. The van der Waals surface area contributed by atoms with Crippen molar-refractivity contribution in [3.63, 3.8) is 0 Å². The van der Waals surface area contributed by atoms with Gasteiger partial charge in [-0.3, -0.25) is 5.01 Å². The molecule has 1 N–H and O–H groups in total. The van der Waals surface area contributed by atoms with Gasteiger partial charge in [-0.1, -0.05) is 12.5 Å². The van der Waals surface area contributed by atoms with Gasteiger partial charge in [-0.25, -0.2) is 12.8 Å². The van der Waals surface area contributed by atoms with Gasteiger partial charge in [-0.15, -0.1) is 0 Å². The highest BCUT2D eigenvalue weighted by molar-refractivity contribution is 7.89. The number of benzene rings is 1. The number of hydrogen-bond donors (Lipinski definition) is 1. The second-order valence-electron chi connectivity index (χ2n) is 10.0. The van der Waals surface area contributed by atoms with Crippen molar-refractivity contribution >= 4 is 15.7 Å². The van der Waals surface area contributed by atoms with E-state index in [1.165, 1.54) is 12.1 Å². The lowest BCUT2D eigenvalue weighted by Gasteiger charge is -2.36. The second kappa shape index (κ2) is 8.65. The van der Waals surface area contributed by atoms with E-state index in [1.807, 2.05) is 11.2 Å². The first-order chi connectivity index (χ1) is 16.4. The van der Waals surface area contributed by atoms with Gasteiger partial charge < -0.3 is 5.43 Å². The maximum atomic E-state index is 13.4. The van der Waals surface area contributed by atoms with Crippen LogP contribution >= 0.6 is 0 Å². The summed E-state index contributed by atoms with van der Waals surface area (Å²) in [4.78, 5) is 0. The Labute approximate surface area is 203 Å². The molecule has 1 aromatic rings. The van der Waals surface area contributed by atoms with Crippen LogP contribution in [0.5, 0.6) is 0 Å². The van der Waals surface area contributed by atoms with Crippen molar-refractivity contribution in [2.24, 2.45) is 17.8 Å². The molecule has 0 amide bonds. The standard InChI is InChI=1S/C25H29F4N3O2S/c1-15-22-12-30-32(20-8-6-19(26)7-9-20)23(22)11-18-5-10-21(24(15)18)16(2)31(13-17-3-4-17)35(33,34)14-25(27,28)29/h6-9,11-12,15-17,21,30H,3-5,10,13-14H2,1-2H3/t15-,16?,21-/m0/s1. The Morgan fingerprint density at radius 1 is 1.17 bits per heavy atom. The van der Waals surface area contributed by atoms with Crippen molar-refractivity contribution in [2.45, 2.75) is 51.7 Å². The largest absolute Gasteiger partial charge is 0.404 e. The minimum Gasteiger partial charge on any atom is -0.301 e. The summed E-state index contributed by atoms with van der Waals surface area (Å²) in [6.45, 7) is 3.97. The van der Waals surface area contributed by atoms with E-state index in [9.17, 15) is 26.0 Å². The monoisotopic (exact) mass is 511 g/mol. The number of hydrogen-bond acceptors (Lipinski definition) is 4. The second-order valence-corrected chi connectivity index (χ2v) is 12.0. The molecular weight excluding hydrogens is 482 g/mol. The van der Waals surface area contributed by atoms with E-state index >= 15 is 0 Å².